The zero-order valence-corrected chi connectivity index (χ0v) is 22.7. The molecule has 0 N–H and O–H groups in total. The first-order chi connectivity index (χ1) is 20.8. The predicted molar refractivity (Wildman–Crippen MR) is 165 cm³/mol. The summed E-state index contributed by atoms with van der Waals surface area (Å²) in [6.07, 6.45) is 21.4. The summed E-state index contributed by atoms with van der Waals surface area (Å²) in [5, 5.41) is 0. The van der Waals surface area contributed by atoms with Gasteiger partial charge < -0.3 is 0 Å². The summed E-state index contributed by atoms with van der Waals surface area (Å²) in [5.74, 6) is 0. The van der Waals surface area contributed by atoms with Gasteiger partial charge in [0.1, 0.15) is 19.0 Å². The number of hydrogen-bond acceptors (Lipinski definition) is 6. The van der Waals surface area contributed by atoms with Crippen molar-refractivity contribution < 1.29 is 0 Å². The highest BCUT2D eigenvalue weighted by Crippen LogP contribution is 2.47. The van der Waals surface area contributed by atoms with Crippen LogP contribution in [0.25, 0.3) is 33.4 Å². The monoisotopic (exact) mass is 542 g/mol. The second-order valence-corrected chi connectivity index (χ2v) is 10.3. The third kappa shape index (κ3) is 4.90. The van der Waals surface area contributed by atoms with Crippen LogP contribution in [-0.4, -0.2) is 29.9 Å². The van der Waals surface area contributed by atoms with Crippen LogP contribution in [-0.2, 0) is 5.41 Å². The fraction of sp³-hybridized carbons (Fsp3) is 0.0556. The lowest BCUT2D eigenvalue weighted by Crippen LogP contribution is -2.28. The Morgan fingerprint density at radius 3 is 1.60 bits per heavy atom. The van der Waals surface area contributed by atoms with Crippen LogP contribution in [0, 0.1) is 0 Å². The Balaban J connectivity index is 1.44. The molecule has 3 aromatic heterocycles. The van der Waals surface area contributed by atoms with Gasteiger partial charge in [-0.15, -0.1) is 0 Å². The molecule has 6 nitrogen and oxygen atoms in total. The number of allylic oxidation sites excluding steroid dienone is 4. The van der Waals surface area contributed by atoms with E-state index in [0.717, 1.165) is 50.9 Å². The predicted octanol–water partition coefficient (Wildman–Crippen LogP) is 7.25. The highest BCUT2D eigenvalue weighted by molar-refractivity contribution is 5.90. The molecule has 0 saturated heterocycles. The number of aromatic nitrogens is 6. The van der Waals surface area contributed by atoms with E-state index in [1.54, 1.807) is 19.0 Å². The molecule has 42 heavy (non-hydrogen) atoms. The van der Waals surface area contributed by atoms with Gasteiger partial charge in [0.25, 0.3) is 0 Å². The van der Waals surface area contributed by atoms with Crippen molar-refractivity contribution >= 4 is 11.1 Å². The first-order valence-electron chi connectivity index (χ1n) is 13.7. The largest absolute Gasteiger partial charge is 0.244 e. The molecule has 6 heteroatoms. The Morgan fingerprint density at radius 1 is 0.452 bits per heavy atom. The van der Waals surface area contributed by atoms with Gasteiger partial charge in [0.05, 0.1) is 0 Å². The van der Waals surface area contributed by atoms with Crippen LogP contribution in [0.5, 0.6) is 0 Å². The molecular weight excluding hydrogens is 516 g/mol. The topological polar surface area (TPSA) is 77.3 Å². The summed E-state index contributed by atoms with van der Waals surface area (Å²) in [6, 6.07) is 27.8. The van der Waals surface area contributed by atoms with Gasteiger partial charge >= 0.3 is 0 Å². The first-order valence-corrected chi connectivity index (χ1v) is 13.7. The Morgan fingerprint density at radius 2 is 0.976 bits per heavy atom. The van der Waals surface area contributed by atoms with Gasteiger partial charge in [0.2, 0.25) is 0 Å². The molecule has 1 atom stereocenters. The van der Waals surface area contributed by atoms with Gasteiger partial charge in [-0.05, 0) is 57.5 Å². The van der Waals surface area contributed by atoms with Crippen molar-refractivity contribution in [1.82, 2.24) is 29.9 Å². The maximum absolute atomic E-state index is 4.45. The molecule has 0 aliphatic heterocycles. The third-order valence-electron chi connectivity index (χ3n) is 7.78. The summed E-state index contributed by atoms with van der Waals surface area (Å²) in [6.45, 7) is 0. The molecule has 7 rings (SSSR count). The van der Waals surface area contributed by atoms with E-state index in [-0.39, 0.29) is 0 Å². The molecule has 0 amide bonds. The van der Waals surface area contributed by atoms with Crippen LogP contribution in [0.1, 0.15) is 28.7 Å². The van der Waals surface area contributed by atoms with Crippen molar-refractivity contribution in [3.8, 4) is 22.3 Å². The minimum Gasteiger partial charge on any atom is -0.244 e. The fourth-order valence-electron chi connectivity index (χ4n) is 5.72. The maximum Gasteiger partial charge on any atom is 0.115 e. The molecular formula is C36H26N6. The van der Waals surface area contributed by atoms with E-state index >= 15 is 0 Å². The van der Waals surface area contributed by atoms with Gasteiger partial charge in [-0.2, -0.15) is 0 Å². The van der Waals surface area contributed by atoms with Crippen LogP contribution >= 0.6 is 0 Å². The summed E-state index contributed by atoms with van der Waals surface area (Å²) < 4.78 is 0. The summed E-state index contributed by atoms with van der Waals surface area (Å²) in [4.78, 5) is 25.8. The van der Waals surface area contributed by atoms with Crippen molar-refractivity contribution in [3.63, 3.8) is 0 Å². The zero-order valence-electron chi connectivity index (χ0n) is 22.7. The van der Waals surface area contributed by atoms with E-state index < -0.39 is 5.41 Å². The van der Waals surface area contributed by atoms with Crippen molar-refractivity contribution in [2.75, 3.05) is 0 Å². The average Bonchev–Trinajstić information content (AvgIpc) is 3.10. The maximum atomic E-state index is 4.45. The molecule has 1 unspecified atom stereocenters. The second kappa shape index (κ2) is 11.1. The third-order valence-corrected chi connectivity index (χ3v) is 7.78. The van der Waals surface area contributed by atoms with Crippen molar-refractivity contribution in [2.45, 2.75) is 11.8 Å². The van der Waals surface area contributed by atoms with Crippen molar-refractivity contribution in [1.29, 1.82) is 0 Å². The molecule has 0 saturated carbocycles. The van der Waals surface area contributed by atoms with Crippen molar-refractivity contribution in [3.05, 3.63) is 169 Å². The SMILES string of the molecule is C1=C(c2cccc(-c3cncnc3)c2)C=C(c2cccc(-c3cncnc3)c2)CC1(c1ccccc1)c1cncnc1. The van der Waals surface area contributed by atoms with Crippen molar-refractivity contribution in [2.24, 2.45) is 0 Å². The standard InChI is InChI=1S/C36H26N6/c1-2-10-34(11-3-1)36(35-21-41-25-42-22-35)15-30(26-6-4-8-28(12-26)32-17-37-23-38-18-32)14-31(16-36)27-7-5-9-29(13-27)33-19-39-24-40-20-33/h1-15,17-25H,16H2. The van der Waals surface area contributed by atoms with E-state index in [1.165, 1.54) is 11.1 Å². The second-order valence-electron chi connectivity index (χ2n) is 10.3. The quantitative estimate of drug-likeness (QED) is 0.221. The molecule has 3 aromatic carbocycles. The van der Waals surface area contributed by atoms with Gasteiger partial charge in [0.15, 0.2) is 0 Å². The highest BCUT2D eigenvalue weighted by atomic mass is 14.8. The molecule has 3 heterocycles. The van der Waals surface area contributed by atoms with Gasteiger partial charge in [-0.3, -0.25) is 0 Å². The minimum absolute atomic E-state index is 0.486. The van der Waals surface area contributed by atoms with Crippen LogP contribution in [0.15, 0.2) is 147 Å². The zero-order chi connectivity index (χ0) is 28.2. The van der Waals surface area contributed by atoms with Gasteiger partial charge in [0, 0.05) is 59.3 Å². The highest BCUT2D eigenvalue weighted by Gasteiger charge is 2.37. The Hall–Kier alpha value is -5.62. The average molecular weight is 543 g/mol. The minimum atomic E-state index is -0.486. The number of hydrogen-bond donors (Lipinski definition) is 0. The number of nitrogens with zero attached hydrogens (tertiary/aromatic N) is 6. The lowest BCUT2D eigenvalue weighted by atomic mass is 9.66. The molecule has 6 aromatic rings. The molecule has 1 aliphatic rings. The molecule has 1 aliphatic carbocycles. The normalized spacial score (nSPS) is 16.4. The first kappa shape index (κ1) is 25.4. The smallest absolute Gasteiger partial charge is 0.115 e. The van der Waals surface area contributed by atoms with Gasteiger partial charge in [-0.1, -0.05) is 78.9 Å². The molecule has 0 fully saturated rings. The Kier molecular flexibility index (Phi) is 6.70. The molecule has 0 radical (unpaired) electrons. The van der Waals surface area contributed by atoms with E-state index in [0.29, 0.717) is 0 Å². The lowest BCUT2D eigenvalue weighted by Gasteiger charge is -2.36. The van der Waals surface area contributed by atoms with Crippen LogP contribution < -0.4 is 0 Å². The van der Waals surface area contributed by atoms with E-state index in [2.05, 4.69) is 121 Å². The molecule has 200 valence electrons. The summed E-state index contributed by atoms with van der Waals surface area (Å²) in [5.41, 5.74) is 10.4. The van der Waals surface area contributed by atoms with E-state index in [9.17, 15) is 0 Å². The van der Waals surface area contributed by atoms with E-state index in [1.807, 2.05) is 37.2 Å². The summed E-state index contributed by atoms with van der Waals surface area (Å²) >= 11 is 0. The molecule has 0 bridgehead atoms. The number of benzene rings is 3. The van der Waals surface area contributed by atoms with Gasteiger partial charge in [-0.25, -0.2) is 29.9 Å². The Bertz CT molecular complexity index is 1850. The van der Waals surface area contributed by atoms with Crippen LogP contribution in [0.4, 0.5) is 0 Å². The van der Waals surface area contributed by atoms with Crippen LogP contribution in [0.3, 0.4) is 0 Å². The Labute approximate surface area is 244 Å². The lowest BCUT2D eigenvalue weighted by molar-refractivity contribution is 0.652. The summed E-state index contributed by atoms with van der Waals surface area (Å²) in [7, 11) is 0. The van der Waals surface area contributed by atoms with Crippen LogP contribution in [0.2, 0.25) is 0 Å². The number of rotatable bonds is 6. The fourth-order valence-corrected chi connectivity index (χ4v) is 5.72. The van der Waals surface area contributed by atoms with E-state index in [4.69, 9.17) is 0 Å². The molecule has 0 spiro atoms.